The van der Waals surface area contributed by atoms with Crippen molar-refractivity contribution in [3.05, 3.63) is 71.8 Å². The molecule has 0 aliphatic rings. The van der Waals surface area contributed by atoms with Gasteiger partial charge in [-0.15, -0.1) is 0 Å². The molecule has 0 bridgehead atoms. The molecular formula is C21H19ClN2O4. The first-order chi connectivity index (χ1) is 13.6. The Morgan fingerprint density at radius 3 is 2.07 bits per heavy atom. The van der Waals surface area contributed by atoms with E-state index in [0.717, 1.165) is 0 Å². The zero-order valence-corrected chi connectivity index (χ0v) is 16.1. The number of hydrogen-bond acceptors (Lipinski definition) is 4. The molecule has 2 N–H and O–H groups in total. The molecule has 0 heterocycles. The lowest BCUT2D eigenvalue weighted by molar-refractivity contribution is 0.262. The zero-order valence-electron chi connectivity index (χ0n) is 15.4. The number of methoxy groups -OCH3 is 2. The van der Waals surface area contributed by atoms with Gasteiger partial charge in [0.25, 0.3) is 0 Å². The highest BCUT2D eigenvalue weighted by Crippen LogP contribution is 2.36. The van der Waals surface area contributed by atoms with Crippen molar-refractivity contribution >= 4 is 29.0 Å². The predicted octanol–water partition coefficient (Wildman–Crippen LogP) is 5.79. The highest BCUT2D eigenvalue weighted by atomic mass is 35.5. The minimum Gasteiger partial charge on any atom is -0.495 e. The molecule has 0 atom stereocenters. The predicted molar refractivity (Wildman–Crippen MR) is 110 cm³/mol. The van der Waals surface area contributed by atoms with Crippen molar-refractivity contribution in [1.82, 2.24) is 0 Å². The summed E-state index contributed by atoms with van der Waals surface area (Å²) in [7, 11) is 3.10. The van der Waals surface area contributed by atoms with Gasteiger partial charge in [-0.05, 0) is 42.5 Å². The van der Waals surface area contributed by atoms with Gasteiger partial charge in [-0.25, -0.2) is 4.79 Å². The Bertz CT molecular complexity index is 978. The number of para-hydroxylation sites is 4. The molecule has 7 heteroatoms. The highest BCUT2D eigenvalue weighted by molar-refractivity contribution is 6.31. The van der Waals surface area contributed by atoms with E-state index in [-0.39, 0.29) is 0 Å². The Kier molecular flexibility index (Phi) is 6.24. The van der Waals surface area contributed by atoms with Crippen molar-refractivity contribution in [2.24, 2.45) is 0 Å². The third-order valence-electron chi connectivity index (χ3n) is 3.83. The Hall–Kier alpha value is -3.38. The van der Waals surface area contributed by atoms with Crippen LogP contribution in [-0.4, -0.2) is 20.3 Å². The van der Waals surface area contributed by atoms with Crippen LogP contribution >= 0.6 is 11.6 Å². The van der Waals surface area contributed by atoms with Gasteiger partial charge in [-0.1, -0.05) is 35.9 Å². The lowest BCUT2D eigenvalue weighted by Crippen LogP contribution is -2.20. The van der Waals surface area contributed by atoms with Crippen molar-refractivity contribution in [2.45, 2.75) is 0 Å². The number of carbonyl (C=O) groups is 1. The van der Waals surface area contributed by atoms with Crippen LogP contribution in [0.3, 0.4) is 0 Å². The van der Waals surface area contributed by atoms with Crippen LogP contribution in [0.1, 0.15) is 0 Å². The first kappa shape index (κ1) is 19.4. The average molecular weight is 399 g/mol. The van der Waals surface area contributed by atoms with E-state index in [9.17, 15) is 4.79 Å². The third-order valence-corrected chi connectivity index (χ3v) is 4.07. The first-order valence-electron chi connectivity index (χ1n) is 8.42. The second-order valence-corrected chi connectivity index (χ2v) is 6.11. The van der Waals surface area contributed by atoms with E-state index in [1.165, 1.54) is 7.11 Å². The van der Waals surface area contributed by atoms with E-state index >= 15 is 0 Å². The smallest absolute Gasteiger partial charge is 0.323 e. The van der Waals surface area contributed by atoms with Gasteiger partial charge >= 0.3 is 6.03 Å². The van der Waals surface area contributed by atoms with Crippen LogP contribution in [0.2, 0.25) is 5.02 Å². The van der Waals surface area contributed by atoms with Crippen LogP contribution in [0.5, 0.6) is 23.0 Å². The van der Waals surface area contributed by atoms with Crippen molar-refractivity contribution in [3.63, 3.8) is 0 Å². The lowest BCUT2D eigenvalue weighted by atomic mass is 10.2. The number of nitrogens with one attached hydrogen (secondary N) is 2. The molecule has 3 aromatic carbocycles. The van der Waals surface area contributed by atoms with Gasteiger partial charge in [-0.2, -0.15) is 0 Å². The van der Waals surface area contributed by atoms with Gasteiger partial charge in [0.15, 0.2) is 17.2 Å². The maximum absolute atomic E-state index is 12.5. The second-order valence-electron chi connectivity index (χ2n) is 5.67. The van der Waals surface area contributed by atoms with E-state index in [4.69, 9.17) is 25.8 Å². The van der Waals surface area contributed by atoms with E-state index in [1.807, 2.05) is 18.2 Å². The largest absolute Gasteiger partial charge is 0.495 e. The van der Waals surface area contributed by atoms with E-state index in [1.54, 1.807) is 55.6 Å². The molecule has 0 aliphatic heterocycles. The zero-order chi connectivity index (χ0) is 19.9. The van der Waals surface area contributed by atoms with Gasteiger partial charge in [-0.3, -0.25) is 0 Å². The van der Waals surface area contributed by atoms with Gasteiger partial charge in [0.1, 0.15) is 5.75 Å². The lowest BCUT2D eigenvalue weighted by Gasteiger charge is -2.15. The number of ether oxygens (including phenoxy) is 3. The molecule has 28 heavy (non-hydrogen) atoms. The number of carbonyl (C=O) groups excluding carboxylic acids is 1. The maximum Gasteiger partial charge on any atom is 0.323 e. The number of halogens is 1. The van der Waals surface area contributed by atoms with Crippen molar-refractivity contribution in [3.8, 4) is 23.0 Å². The second kappa shape index (κ2) is 9.01. The van der Waals surface area contributed by atoms with Gasteiger partial charge < -0.3 is 24.8 Å². The quantitative estimate of drug-likeness (QED) is 0.551. The number of rotatable bonds is 6. The summed E-state index contributed by atoms with van der Waals surface area (Å²) in [6.07, 6.45) is 0. The fraction of sp³-hybridized carbons (Fsp3) is 0.0952. The number of hydrogen-bond donors (Lipinski definition) is 2. The summed E-state index contributed by atoms with van der Waals surface area (Å²) in [5.74, 6) is 2.06. The topological polar surface area (TPSA) is 68.8 Å². The SMILES string of the molecule is COc1ccccc1NC(=O)Nc1cc(Cl)ccc1Oc1ccccc1OC. The number of amides is 2. The molecule has 144 valence electrons. The molecule has 3 rings (SSSR count). The van der Waals surface area contributed by atoms with Crippen LogP contribution in [0.4, 0.5) is 16.2 Å². The minimum atomic E-state index is -0.461. The summed E-state index contributed by atoms with van der Waals surface area (Å²) in [6, 6.07) is 18.8. The fourth-order valence-corrected chi connectivity index (χ4v) is 2.71. The Balaban J connectivity index is 1.81. The molecule has 0 radical (unpaired) electrons. The van der Waals surface area contributed by atoms with Crippen LogP contribution < -0.4 is 24.8 Å². The Morgan fingerprint density at radius 1 is 0.750 bits per heavy atom. The molecule has 0 aromatic heterocycles. The van der Waals surface area contributed by atoms with E-state index < -0.39 is 6.03 Å². The molecule has 3 aromatic rings. The Labute approximate surface area is 168 Å². The molecule has 0 saturated heterocycles. The molecule has 2 amide bonds. The average Bonchev–Trinajstić information content (AvgIpc) is 2.70. The maximum atomic E-state index is 12.5. The first-order valence-corrected chi connectivity index (χ1v) is 8.80. The molecule has 0 unspecified atom stereocenters. The van der Waals surface area contributed by atoms with Crippen LogP contribution in [0, 0.1) is 0 Å². The number of benzene rings is 3. The van der Waals surface area contributed by atoms with Gasteiger partial charge in [0.2, 0.25) is 0 Å². The fourth-order valence-electron chi connectivity index (χ4n) is 2.53. The van der Waals surface area contributed by atoms with Gasteiger partial charge in [0.05, 0.1) is 25.6 Å². The molecule has 0 saturated carbocycles. The summed E-state index contributed by atoms with van der Waals surface area (Å²) >= 11 is 6.10. The van der Waals surface area contributed by atoms with Crippen LogP contribution in [-0.2, 0) is 0 Å². The van der Waals surface area contributed by atoms with Crippen molar-refractivity contribution < 1.29 is 19.0 Å². The summed E-state index contributed by atoms with van der Waals surface area (Å²) < 4.78 is 16.5. The normalized spacial score (nSPS) is 10.1. The van der Waals surface area contributed by atoms with Crippen LogP contribution in [0.15, 0.2) is 66.7 Å². The molecule has 0 spiro atoms. The standard InChI is InChI=1S/C21H19ClN2O4/c1-26-17-8-4-3-7-15(17)23-21(25)24-16-13-14(22)11-12-18(16)28-20-10-6-5-9-19(20)27-2/h3-13H,1-2H3,(H2,23,24,25). The van der Waals surface area contributed by atoms with Crippen molar-refractivity contribution in [2.75, 3.05) is 24.9 Å². The Morgan fingerprint density at radius 2 is 1.36 bits per heavy atom. The molecule has 0 aliphatic carbocycles. The van der Waals surface area contributed by atoms with Gasteiger partial charge in [0, 0.05) is 5.02 Å². The summed E-state index contributed by atoms with van der Waals surface area (Å²) in [6.45, 7) is 0. The monoisotopic (exact) mass is 398 g/mol. The molecule has 6 nitrogen and oxygen atoms in total. The number of urea groups is 1. The summed E-state index contributed by atoms with van der Waals surface area (Å²) in [5, 5.41) is 5.96. The number of anilines is 2. The highest BCUT2D eigenvalue weighted by Gasteiger charge is 2.13. The summed E-state index contributed by atoms with van der Waals surface area (Å²) in [5.41, 5.74) is 0.947. The molecular weight excluding hydrogens is 380 g/mol. The third kappa shape index (κ3) is 4.66. The molecule has 0 fully saturated rings. The van der Waals surface area contributed by atoms with Crippen molar-refractivity contribution in [1.29, 1.82) is 0 Å². The van der Waals surface area contributed by atoms with E-state index in [0.29, 0.717) is 39.4 Å². The van der Waals surface area contributed by atoms with Crippen LogP contribution in [0.25, 0.3) is 0 Å². The van der Waals surface area contributed by atoms with E-state index in [2.05, 4.69) is 10.6 Å². The summed E-state index contributed by atoms with van der Waals surface area (Å²) in [4.78, 5) is 12.5. The minimum absolute atomic E-state index is 0.408.